The van der Waals surface area contributed by atoms with Gasteiger partial charge in [0.25, 0.3) is 0 Å². The molecule has 0 unspecified atom stereocenters. The first kappa shape index (κ1) is 18.4. The molecule has 7 nitrogen and oxygen atoms in total. The van der Waals surface area contributed by atoms with Crippen LogP contribution < -0.4 is 14.8 Å². The molecule has 0 spiro atoms. The Morgan fingerprint density at radius 2 is 1.93 bits per heavy atom. The maximum absolute atomic E-state index is 12.4. The molecule has 2 aromatic heterocycles. The normalized spacial score (nSPS) is 12.5. The zero-order valence-electron chi connectivity index (χ0n) is 15.9. The van der Waals surface area contributed by atoms with Crippen LogP contribution in [-0.2, 0) is 11.2 Å². The largest absolute Gasteiger partial charge is 0.486 e. The standard InChI is InChI=1S/C22H18N4O3S/c27-21(10-15-12-23-26(13-15)17-4-2-1-3-5-17)25-22-24-18(14-30-22)16-6-7-19-20(11-16)29-9-8-28-19/h1-7,11-14H,8-10H2,(H,24,25,27). The van der Waals surface area contributed by atoms with Crippen molar-refractivity contribution in [3.8, 4) is 28.4 Å². The second kappa shape index (κ2) is 8.00. The lowest BCUT2D eigenvalue weighted by atomic mass is 10.1. The molecular weight excluding hydrogens is 400 g/mol. The van der Waals surface area contributed by atoms with Crippen LogP contribution in [0.25, 0.3) is 16.9 Å². The van der Waals surface area contributed by atoms with Gasteiger partial charge in [0, 0.05) is 17.1 Å². The number of anilines is 1. The van der Waals surface area contributed by atoms with Gasteiger partial charge in [-0.2, -0.15) is 5.10 Å². The molecular formula is C22H18N4O3S. The van der Waals surface area contributed by atoms with Crippen LogP contribution in [-0.4, -0.2) is 33.9 Å². The summed E-state index contributed by atoms with van der Waals surface area (Å²) >= 11 is 1.39. The Morgan fingerprint density at radius 1 is 1.10 bits per heavy atom. The Kier molecular flexibility index (Phi) is 4.90. The fourth-order valence-electron chi connectivity index (χ4n) is 3.19. The van der Waals surface area contributed by atoms with Gasteiger partial charge in [-0.1, -0.05) is 18.2 Å². The molecule has 0 bridgehead atoms. The molecule has 1 N–H and O–H groups in total. The fraction of sp³-hybridized carbons (Fsp3) is 0.136. The molecule has 150 valence electrons. The monoisotopic (exact) mass is 418 g/mol. The zero-order chi connectivity index (χ0) is 20.3. The minimum atomic E-state index is -0.134. The van der Waals surface area contributed by atoms with Crippen molar-refractivity contribution >= 4 is 22.4 Å². The number of carbonyl (C=O) groups excluding carboxylic acids is 1. The molecule has 4 aromatic rings. The Hall–Kier alpha value is -3.65. The number of thiazole rings is 1. The third kappa shape index (κ3) is 3.90. The Labute approximate surface area is 176 Å². The smallest absolute Gasteiger partial charge is 0.230 e. The quantitative estimate of drug-likeness (QED) is 0.531. The minimum Gasteiger partial charge on any atom is -0.486 e. The zero-order valence-corrected chi connectivity index (χ0v) is 16.8. The van der Waals surface area contributed by atoms with E-state index >= 15 is 0 Å². The second-order valence-corrected chi connectivity index (χ2v) is 7.61. The first-order chi connectivity index (χ1) is 14.7. The van der Waals surface area contributed by atoms with Crippen molar-refractivity contribution in [1.29, 1.82) is 0 Å². The summed E-state index contributed by atoms with van der Waals surface area (Å²) < 4.78 is 12.9. The van der Waals surface area contributed by atoms with Crippen molar-refractivity contribution in [3.63, 3.8) is 0 Å². The molecule has 0 fully saturated rings. The second-order valence-electron chi connectivity index (χ2n) is 6.75. The lowest BCUT2D eigenvalue weighted by molar-refractivity contribution is -0.115. The molecule has 0 radical (unpaired) electrons. The van der Waals surface area contributed by atoms with Crippen molar-refractivity contribution in [2.45, 2.75) is 6.42 Å². The van der Waals surface area contributed by atoms with E-state index in [1.54, 1.807) is 10.9 Å². The topological polar surface area (TPSA) is 78.3 Å². The van der Waals surface area contributed by atoms with Crippen LogP contribution in [0, 0.1) is 0 Å². The van der Waals surface area contributed by atoms with Gasteiger partial charge in [-0.05, 0) is 35.9 Å². The lowest BCUT2D eigenvalue weighted by Crippen LogP contribution is -2.15. The highest BCUT2D eigenvalue weighted by Gasteiger charge is 2.15. The summed E-state index contributed by atoms with van der Waals surface area (Å²) in [6, 6.07) is 15.5. The van der Waals surface area contributed by atoms with E-state index in [0.717, 1.165) is 28.3 Å². The summed E-state index contributed by atoms with van der Waals surface area (Å²) in [5.41, 5.74) is 3.48. The molecule has 5 rings (SSSR count). The number of rotatable bonds is 5. The molecule has 0 aliphatic carbocycles. The Bertz CT molecular complexity index is 1190. The average Bonchev–Trinajstić information content (AvgIpc) is 3.44. The molecule has 0 saturated heterocycles. The van der Waals surface area contributed by atoms with Gasteiger partial charge in [-0.25, -0.2) is 9.67 Å². The van der Waals surface area contributed by atoms with Crippen LogP contribution >= 0.6 is 11.3 Å². The van der Waals surface area contributed by atoms with Crippen LogP contribution in [0.2, 0.25) is 0 Å². The molecule has 8 heteroatoms. The van der Waals surface area contributed by atoms with Gasteiger partial charge in [0.05, 0.1) is 24.0 Å². The van der Waals surface area contributed by atoms with E-state index in [9.17, 15) is 4.79 Å². The SMILES string of the molecule is O=C(Cc1cnn(-c2ccccc2)c1)Nc1nc(-c2ccc3c(c2)OCCO3)cs1. The van der Waals surface area contributed by atoms with E-state index in [-0.39, 0.29) is 12.3 Å². The number of carbonyl (C=O) groups is 1. The first-order valence-electron chi connectivity index (χ1n) is 9.49. The highest BCUT2D eigenvalue weighted by molar-refractivity contribution is 7.14. The number of aromatic nitrogens is 3. The van der Waals surface area contributed by atoms with Crippen LogP contribution in [0.5, 0.6) is 11.5 Å². The summed E-state index contributed by atoms with van der Waals surface area (Å²) in [6.45, 7) is 1.10. The molecule has 30 heavy (non-hydrogen) atoms. The number of benzene rings is 2. The van der Waals surface area contributed by atoms with E-state index in [1.165, 1.54) is 11.3 Å². The third-order valence-electron chi connectivity index (χ3n) is 4.61. The minimum absolute atomic E-state index is 0.134. The number of ether oxygens (including phenoxy) is 2. The van der Waals surface area contributed by atoms with Crippen molar-refractivity contribution < 1.29 is 14.3 Å². The highest BCUT2D eigenvalue weighted by atomic mass is 32.1. The maximum Gasteiger partial charge on any atom is 0.230 e. The van der Waals surface area contributed by atoms with E-state index in [4.69, 9.17) is 9.47 Å². The first-order valence-corrected chi connectivity index (χ1v) is 10.4. The van der Waals surface area contributed by atoms with Gasteiger partial charge in [-0.15, -0.1) is 11.3 Å². The summed E-state index contributed by atoms with van der Waals surface area (Å²) in [5.74, 6) is 1.32. The molecule has 0 atom stereocenters. The van der Waals surface area contributed by atoms with Crippen LogP contribution in [0.1, 0.15) is 5.56 Å². The van der Waals surface area contributed by atoms with Gasteiger partial charge >= 0.3 is 0 Å². The molecule has 0 saturated carbocycles. The van der Waals surface area contributed by atoms with E-state index < -0.39 is 0 Å². The van der Waals surface area contributed by atoms with E-state index in [0.29, 0.717) is 24.1 Å². The van der Waals surface area contributed by atoms with Crippen LogP contribution in [0.3, 0.4) is 0 Å². The van der Waals surface area contributed by atoms with Gasteiger partial charge in [0.2, 0.25) is 5.91 Å². The molecule has 1 aliphatic heterocycles. The molecule has 1 aliphatic rings. The number of nitrogens with one attached hydrogen (secondary N) is 1. The summed E-state index contributed by atoms with van der Waals surface area (Å²) in [4.78, 5) is 17.0. The molecule has 2 aromatic carbocycles. The average molecular weight is 418 g/mol. The lowest BCUT2D eigenvalue weighted by Gasteiger charge is -2.18. The number of hydrogen-bond acceptors (Lipinski definition) is 6. The Morgan fingerprint density at radius 3 is 2.80 bits per heavy atom. The highest BCUT2D eigenvalue weighted by Crippen LogP contribution is 2.35. The van der Waals surface area contributed by atoms with Gasteiger partial charge in [-0.3, -0.25) is 4.79 Å². The van der Waals surface area contributed by atoms with Gasteiger partial charge in [0.1, 0.15) is 13.2 Å². The van der Waals surface area contributed by atoms with Crippen molar-refractivity contribution in [3.05, 3.63) is 71.9 Å². The number of fused-ring (bicyclic) bond motifs is 1. The van der Waals surface area contributed by atoms with Crippen LogP contribution in [0.15, 0.2) is 66.3 Å². The van der Waals surface area contributed by atoms with Gasteiger partial charge < -0.3 is 14.8 Å². The predicted octanol–water partition coefficient (Wildman–Crippen LogP) is 3.95. The summed E-state index contributed by atoms with van der Waals surface area (Å²) in [5, 5.41) is 9.66. The molecule has 1 amide bonds. The summed E-state index contributed by atoms with van der Waals surface area (Å²) in [6.07, 6.45) is 3.79. The summed E-state index contributed by atoms with van der Waals surface area (Å²) in [7, 11) is 0. The van der Waals surface area contributed by atoms with Crippen molar-refractivity contribution in [2.75, 3.05) is 18.5 Å². The van der Waals surface area contributed by atoms with Crippen LogP contribution in [0.4, 0.5) is 5.13 Å². The van der Waals surface area contributed by atoms with Crippen molar-refractivity contribution in [1.82, 2.24) is 14.8 Å². The third-order valence-corrected chi connectivity index (χ3v) is 5.37. The number of amides is 1. The fourth-order valence-corrected chi connectivity index (χ4v) is 3.92. The maximum atomic E-state index is 12.4. The van der Waals surface area contributed by atoms with E-state index in [1.807, 2.05) is 60.1 Å². The van der Waals surface area contributed by atoms with Crippen molar-refractivity contribution in [2.24, 2.45) is 0 Å². The van der Waals surface area contributed by atoms with E-state index in [2.05, 4.69) is 15.4 Å². The Balaban J connectivity index is 1.24. The molecule has 3 heterocycles. The number of para-hydroxylation sites is 1. The van der Waals surface area contributed by atoms with Gasteiger partial charge in [0.15, 0.2) is 16.6 Å². The number of nitrogens with zero attached hydrogens (tertiary/aromatic N) is 3. The predicted molar refractivity (Wildman–Crippen MR) is 114 cm³/mol. The number of hydrogen-bond donors (Lipinski definition) is 1.